The average Bonchev–Trinajstić information content (AvgIpc) is 2.84. The molecule has 102 valence electrons. The molecule has 1 fully saturated rings. The molecule has 19 heavy (non-hydrogen) atoms. The monoisotopic (exact) mass is 259 g/mol. The van der Waals surface area contributed by atoms with E-state index in [0.29, 0.717) is 12.1 Å². The zero-order valence-electron chi connectivity index (χ0n) is 11.4. The second kappa shape index (κ2) is 6.02. The van der Waals surface area contributed by atoms with Crippen LogP contribution in [-0.4, -0.2) is 23.2 Å². The molecule has 1 saturated carbocycles. The van der Waals surface area contributed by atoms with E-state index in [1.807, 2.05) is 36.4 Å². The predicted molar refractivity (Wildman–Crippen MR) is 76.5 cm³/mol. The highest BCUT2D eigenvalue weighted by molar-refractivity contribution is 5.97. The van der Waals surface area contributed by atoms with E-state index in [1.165, 1.54) is 0 Å². The van der Waals surface area contributed by atoms with Crippen molar-refractivity contribution in [3.8, 4) is 0 Å². The smallest absolute Gasteiger partial charge is 0.247 e. The molecule has 0 atom stereocenters. The van der Waals surface area contributed by atoms with Crippen molar-refractivity contribution < 1.29 is 9.90 Å². The number of rotatable bonds is 4. The van der Waals surface area contributed by atoms with E-state index >= 15 is 0 Å². The van der Waals surface area contributed by atoms with Crippen molar-refractivity contribution in [1.29, 1.82) is 0 Å². The number of carbonyl (C=O) groups excluding carboxylic acids is 1. The molecule has 0 bridgehead atoms. The minimum absolute atomic E-state index is 0.107. The summed E-state index contributed by atoms with van der Waals surface area (Å²) in [6.07, 6.45) is 5.52. The first kappa shape index (κ1) is 13.8. The molecule has 1 aliphatic rings. The van der Waals surface area contributed by atoms with Gasteiger partial charge in [0, 0.05) is 12.1 Å². The number of hydrogen-bond donors (Lipinski definition) is 2. The molecule has 0 aromatic heterocycles. The summed E-state index contributed by atoms with van der Waals surface area (Å²) in [7, 11) is 0. The number of hydrogen-bond acceptors (Lipinski definition) is 2. The van der Waals surface area contributed by atoms with Crippen molar-refractivity contribution in [3.05, 3.63) is 41.5 Å². The molecule has 1 amide bonds. The third-order valence-electron chi connectivity index (χ3n) is 3.65. The Labute approximate surface area is 114 Å². The van der Waals surface area contributed by atoms with E-state index < -0.39 is 5.60 Å². The van der Waals surface area contributed by atoms with Crippen LogP contribution >= 0.6 is 0 Å². The molecule has 0 unspecified atom stereocenters. The molecule has 0 aliphatic heterocycles. The summed E-state index contributed by atoms with van der Waals surface area (Å²) in [5.41, 5.74) is 0.977. The van der Waals surface area contributed by atoms with Crippen molar-refractivity contribution in [1.82, 2.24) is 5.32 Å². The summed E-state index contributed by atoms with van der Waals surface area (Å²) in [5, 5.41) is 13.0. The van der Waals surface area contributed by atoms with E-state index in [4.69, 9.17) is 0 Å². The number of benzene rings is 1. The lowest BCUT2D eigenvalue weighted by atomic mass is 10.0. The number of amides is 1. The third-order valence-corrected chi connectivity index (χ3v) is 3.65. The fourth-order valence-corrected chi connectivity index (χ4v) is 2.46. The maximum atomic E-state index is 12.0. The molecular formula is C16H21NO2. The Balaban J connectivity index is 1.91. The largest absolute Gasteiger partial charge is 0.388 e. The van der Waals surface area contributed by atoms with Gasteiger partial charge < -0.3 is 10.4 Å². The van der Waals surface area contributed by atoms with E-state index in [0.717, 1.165) is 31.2 Å². The molecule has 0 heterocycles. The summed E-state index contributed by atoms with van der Waals surface area (Å²) in [4.78, 5) is 12.0. The normalized spacial score (nSPS) is 18.3. The second-order valence-electron chi connectivity index (χ2n) is 5.35. The lowest BCUT2D eigenvalue weighted by molar-refractivity contribution is -0.118. The van der Waals surface area contributed by atoms with Crippen molar-refractivity contribution in [2.75, 3.05) is 6.54 Å². The van der Waals surface area contributed by atoms with E-state index in [9.17, 15) is 9.90 Å². The number of carbonyl (C=O) groups is 1. The Morgan fingerprint density at radius 3 is 2.58 bits per heavy atom. The predicted octanol–water partition coefficient (Wildman–Crippen LogP) is 2.51. The average molecular weight is 259 g/mol. The van der Waals surface area contributed by atoms with E-state index in [-0.39, 0.29) is 5.91 Å². The van der Waals surface area contributed by atoms with Crippen LogP contribution in [0.3, 0.4) is 0 Å². The Hall–Kier alpha value is -1.61. The zero-order chi connectivity index (χ0) is 13.7. The van der Waals surface area contributed by atoms with Crippen LogP contribution in [0, 0.1) is 0 Å². The molecule has 3 nitrogen and oxygen atoms in total. The van der Waals surface area contributed by atoms with Crippen molar-refractivity contribution >= 4 is 12.0 Å². The van der Waals surface area contributed by atoms with E-state index in [1.54, 1.807) is 6.92 Å². The van der Waals surface area contributed by atoms with Gasteiger partial charge in [0.25, 0.3) is 0 Å². The molecule has 1 aromatic carbocycles. The Bertz CT molecular complexity index is 459. The van der Waals surface area contributed by atoms with Gasteiger partial charge in [-0.05, 0) is 31.4 Å². The van der Waals surface area contributed by atoms with Crippen LogP contribution in [0.2, 0.25) is 0 Å². The molecule has 2 rings (SSSR count). The second-order valence-corrected chi connectivity index (χ2v) is 5.35. The molecule has 0 saturated heterocycles. The van der Waals surface area contributed by atoms with Gasteiger partial charge in [-0.1, -0.05) is 43.2 Å². The van der Waals surface area contributed by atoms with Crippen molar-refractivity contribution in [2.24, 2.45) is 0 Å². The lowest BCUT2D eigenvalue weighted by Crippen LogP contribution is -2.41. The first-order chi connectivity index (χ1) is 9.09. The summed E-state index contributed by atoms with van der Waals surface area (Å²) in [6, 6.07) is 9.75. The minimum atomic E-state index is -0.692. The maximum absolute atomic E-state index is 12.0. The highest BCUT2D eigenvalue weighted by atomic mass is 16.3. The van der Waals surface area contributed by atoms with Gasteiger partial charge >= 0.3 is 0 Å². The fourth-order valence-electron chi connectivity index (χ4n) is 2.46. The van der Waals surface area contributed by atoms with Gasteiger partial charge in [0.15, 0.2) is 0 Å². The van der Waals surface area contributed by atoms with Crippen LogP contribution in [0.25, 0.3) is 6.08 Å². The third kappa shape index (κ3) is 3.93. The molecule has 0 spiro atoms. The number of aliphatic hydroxyl groups is 1. The van der Waals surface area contributed by atoms with Crippen LogP contribution < -0.4 is 5.32 Å². The van der Waals surface area contributed by atoms with Gasteiger partial charge in [-0.25, -0.2) is 0 Å². The van der Waals surface area contributed by atoms with Crippen molar-refractivity contribution in [3.63, 3.8) is 0 Å². The topological polar surface area (TPSA) is 49.3 Å². The van der Waals surface area contributed by atoms with Gasteiger partial charge in [0.1, 0.15) is 0 Å². The molecular weight excluding hydrogens is 238 g/mol. The first-order valence-electron chi connectivity index (χ1n) is 6.83. The molecule has 3 heteroatoms. The molecule has 1 aromatic rings. The van der Waals surface area contributed by atoms with Crippen molar-refractivity contribution in [2.45, 2.75) is 38.2 Å². The maximum Gasteiger partial charge on any atom is 0.247 e. The van der Waals surface area contributed by atoms with Gasteiger partial charge in [-0.2, -0.15) is 0 Å². The lowest BCUT2D eigenvalue weighted by Gasteiger charge is -2.22. The fraction of sp³-hybridized carbons (Fsp3) is 0.438. The van der Waals surface area contributed by atoms with E-state index in [2.05, 4.69) is 5.32 Å². The minimum Gasteiger partial charge on any atom is -0.388 e. The summed E-state index contributed by atoms with van der Waals surface area (Å²) >= 11 is 0. The van der Waals surface area contributed by atoms with Crippen LogP contribution in [0.15, 0.2) is 35.9 Å². The quantitative estimate of drug-likeness (QED) is 0.816. The highest BCUT2D eigenvalue weighted by Crippen LogP contribution is 2.28. The Kier molecular flexibility index (Phi) is 4.38. The van der Waals surface area contributed by atoms with Crippen LogP contribution in [0.5, 0.6) is 0 Å². The van der Waals surface area contributed by atoms with Gasteiger partial charge in [0.2, 0.25) is 5.91 Å². The van der Waals surface area contributed by atoms with Gasteiger partial charge in [-0.3, -0.25) is 4.79 Å². The first-order valence-corrected chi connectivity index (χ1v) is 6.83. The van der Waals surface area contributed by atoms with Gasteiger partial charge in [0.05, 0.1) is 5.60 Å². The van der Waals surface area contributed by atoms with Gasteiger partial charge in [-0.15, -0.1) is 0 Å². The Morgan fingerprint density at radius 2 is 1.95 bits per heavy atom. The Morgan fingerprint density at radius 1 is 1.32 bits per heavy atom. The standard InChI is InChI=1S/C16H21NO2/c1-13(11-14-7-3-2-4-8-14)15(18)17-12-16(19)9-5-6-10-16/h2-4,7-8,11,19H,5-6,9-10,12H2,1H3,(H,17,18)/b13-11+. The summed E-state index contributed by atoms with van der Waals surface area (Å²) in [6.45, 7) is 2.15. The SMILES string of the molecule is C/C(=C\c1ccccc1)C(=O)NCC1(O)CCCC1. The van der Waals surface area contributed by atoms with Crippen LogP contribution in [0.4, 0.5) is 0 Å². The van der Waals surface area contributed by atoms with Crippen LogP contribution in [0.1, 0.15) is 38.2 Å². The summed E-state index contributed by atoms with van der Waals surface area (Å²) < 4.78 is 0. The zero-order valence-corrected chi connectivity index (χ0v) is 11.4. The number of nitrogens with one attached hydrogen (secondary N) is 1. The molecule has 0 radical (unpaired) electrons. The molecule has 1 aliphatic carbocycles. The van der Waals surface area contributed by atoms with Crippen LogP contribution in [-0.2, 0) is 4.79 Å². The molecule has 2 N–H and O–H groups in total. The highest BCUT2D eigenvalue weighted by Gasteiger charge is 2.31. The summed E-state index contributed by atoms with van der Waals surface area (Å²) in [5.74, 6) is -0.107.